The van der Waals surface area contributed by atoms with E-state index in [0.29, 0.717) is 5.75 Å². The highest BCUT2D eigenvalue weighted by Crippen LogP contribution is 2.52. The Hall–Kier alpha value is -4.36. The van der Waals surface area contributed by atoms with Gasteiger partial charge in [0.15, 0.2) is 0 Å². The van der Waals surface area contributed by atoms with Crippen LogP contribution in [0.25, 0.3) is 54.9 Å². The first-order valence-corrected chi connectivity index (χ1v) is 13.8. The quantitative estimate of drug-likeness (QED) is 0.222. The molecule has 2 aliphatic carbocycles. The zero-order valence-electron chi connectivity index (χ0n) is 22.8. The van der Waals surface area contributed by atoms with E-state index in [9.17, 15) is 5.11 Å². The largest absolute Gasteiger partial charge is 0.507 e. The van der Waals surface area contributed by atoms with E-state index in [1.807, 2.05) is 6.07 Å². The fourth-order valence-electron chi connectivity index (χ4n) is 7.40. The summed E-state index contributed by atoms with van der Waals surface area (Å²) in [4.78, 5) is 0. The first kappa shape index (κ1) is 22.6. The maximum Gasteiger partial charge on any atom is 0.124 e. The van der Waals surface area contributed by atoms with Crippen LogP contribution in [0.15, 0.2) is 103 Å². The summed E-state index contributed by atoms with van der Waals surface area (Å²) in [6, 6.07) is 37.5. The Bertz CT molecular complexity index is 2020. The van der Waals surface area contributed by atoms with Crippen molar-refractivity contribution in [1.82, 2.24) is 0 Å². The van der Waals surface area contributed by atoms with Crippen molar-refractivity contribution in [3.8, 4) is 39.1 Å². The third kappa shape index (κ3) is 2.91. The van der Waals surface area contributed by atoms with Crippen LogP contribution >= 0.6 is 0 Å². The molecule has 0 unspecified atom stereocenters. The van der Waals surface area contributed by atoms with Gasteiger partial charge in [0.25, 0.3) is 0 Å². The minimum atomic E-state index is -0.0767. The number of hydrogen-bond donors (Lipinski definition) is 1. The summed E-state index contributed by atoms with van der Waals surface area (Å²) in [5.74, 6) is 0.338. The summed E-state index contributed by atoms with van der Waals surface area (Å²) >= 11 is 0. The third-order valence-electron chi connectivity index (χ3n) is 9.55. The number of hydrogen-bond acceptors (Lipinski definition) is 1. The Morgan fingerprint density at radius 1 is 0.436 bits per heavy atom. The van der Waals surface area contributed by atoms with Crippen LogP contribution in [0.1, 0.15) is 49.9 Å². The second-order valence-corrected chi connectivity index (χ2v) is 12.4. The van der Waals surface area contributed by atoms with Gasteiger partial charge in [-0.3, -0.25) is 0 Å². The second kappa shape index (κ2) is 7.39. The minimum Gasteiger partial charge on any atom is -0.507 e. The predicted molar refractivity (Wildman–Crippen MR) is 164 cm³/mol. The molecule has 0 spiro atoms. The SMILES string of the molecule is CC1(C)c2ccccc2-c2ccc(-c3ccc4c(c3)cc(O)c3cc5c(cc34)C(C)(C)c3ccccc3-5)cc21. The van der Waals surface area contributed by atoms with Gasteiger partial charge in [-0.2, -0.15) is 0 Å². The van der Waals surface area contributed by atoms with E-state index in [2.05, 4.69) is 125 Å². The Balaban J connectivity index is 1.30. The Kier molecular flexibility index (Phi) is 4.28. The van der Waals surface area contributed by atoms with Crippen LogP contribution in [-0.2, 0) is 10.8 Å². The van der Waals surface area contributed by atoms with Crippen LogP contribution < -0.4 is 0 Å². The summed E-state index contributed by atoms with van der Waals surface area (Å²) < 4.78 is 0. The molecule has 0 atom stereocenters. The summed E-state index contributed by atoms with van der Waals surface area (Å²) in [6.07, 6.45) is 0. The van der Waals surface area contributed by atoms with Crippen LogP contribution in [0.5, 0.6) is 5.75 Å². The monoisotopic (exact) mass is 502 g/mol. The van der Waals surface area contributed by atoms with E-state index in [-0.39, 0.29) is 10.8 Å². The normalized spacial score (nSPS) is 15.7. The fourth-order valence-corrected chi connectivity index (χ4v) is 7.40. The molecule has 0 amide bonds. The molecule has 0 saturated heterocycles. The summed E-state index contributed by atoms with van der Waals surface area (Å²) in [6.45, 7) is 9.26. The molecule has 1 nitrogen and oxygen atoms in total. The van der Waals surface area contributed by atoms with E-state index in [0.717, 1.165) is 16.2 Å². The van der Waals surface area contributed by atoms with Gasteiger partial charge in [0.2, 0.25) is 0 Å². The summed E-state index contributed by atoms with van der Waals surface area (Å²) in [5, 5.41) is 15.5. The third-order valence-corrected chi connectivity index (χ3v) is 9.55. The van der Waals surface area contributed by atoms with E-state index in [1.165, 1.54) is 61.0 Å². The van der Waals surface area contributed by atoms with Gasteiger partial charge in [-0.05, 0) is 102 Å². The van der Waals surface area contributed by atoms with Crippen molar-refractivity contribution in [2.75, 3.05) is 0 Å². The number of aromatic hydroxyl groups is 1. The van der Waals surface area contributed by atoms with Crippen LogP contribution in [-0.4, -0.2) is 5.11 Å². The van der Waals surface area contributed by atoms with Crippen molar-refractivity contribution in [2.24, 2.45) is 0 Å². The molecule has 0 radical (unpaired) electrons. The van der Waals surface area contributed by atoms with Crippen molar-refractivity contribution in [3.63, 3.8) is 0 Å². The standard InChI is InChI=1S/C38H30O/c1-37(2)32-11-7-5-9-26(32)28-16-14-23(18-34(28)37)22-13-15-25-24(17-22)19-36(39)31-20-30-27-10-6-8-12-33(27)38(3,4)35(30)21-29(25)31/h5-21,39H,1-4H3. The van der Waals surface area contributed by atoms with Crippen molar-refractivity contribution >= 4 is 21.5 Å². The zero-order chi connectivity index (χ0) is 26.7. The molecule has 0 aliphatic heterocycles. The molecular formula is C38H30O. The highest BCUT2D eigenvalue weighted by atomic mass is 16.3. The molecule has 2 aliphatic rings. The molecule has 1 heteroatoms. The van der Waals surface area contributed by atoms with Crippen LogP contribution in [0.4, 0.5) is 0 Å². The smallest absolute Gasteiger partial charge is 0.124 e. The van der Waals surface area contributed by atoms with E-state index >= 15 is 0 Å². The maximum absolute atomic E-state index is 11.2. The van der Waals surface area contributed by atoms with Gasteiger partial charge in [0.05, 0.1) is 0 Å². The van der Waals surface area contributed by atoms with Gasteiger partial charge in [0, 0.05) is 16.2 Å². The molecule has 39 heavy (non-hydrogen) atoms. The fraction of sp³-hybridized carbons (Fsp3) is 0.158. The average Bonchev–Trinajstić information content (AvgIpc) is 3.31. The number of phenols is 1. The zero-order valence-corrected chi connectivity index (χ0v) is 22.8. The number of phenolic OH excluding ortho intramolecular Hbond substituents is 1. The van der Waals surface area contributed by atoms with Crippen molar-refractivity contribution in [2.45, 2.75) is 38.5 Å². The van der Waals surface area contributed by atoms with Gasteiger partial charge in [0.1, 0.15) is 5.75 Å². The van der Waals surface area contributed by atoms with E-state index in [1.54, 1.807) is 0 Å². The molecular weight excluding hydrogens is 472 g/mol. The molecule has 6 aromatic carbocycles. The van der Waals surface area contributed by atoms with Crippen LogP contribution in [0.3, 0.4) is 0 Å². The lowest BCUT2D eigenvalue weighted by Crippen LogP contribution is -2.14. The van der Waals surface area contributed by atoms with Crippen molar-refractivity contribution < 1.29 is 5.11 Å². The molecule has 6 aromatic rings. The molecule has 1 N–H and O–H groups in total. The lowest BCUT2D eigenvalue weighted by atomic mass is 9.81. The van der Waals surface area contributed by atoms with Crippen LogP contribution in [0, 0.1) is 0 Å². The molecule has 0 fully saturated rings. The van der Waals surface area contributed by atoms with Gasteiger partial charge in [-0.15, -0.1) is 0 Å². The Labute approximate surface area is 229 Å². The first-order chi connectivity index (χ1) is 18.7. The van der Waals surface area contributed by atoms with Gasteiger partial charge in [-0.25, -0.2) is 0 Å². The average molecular weight is 503 g/mol. The van der Waals surface area contributed by atoms with Crippen molar-refractivity contribution in [1.29, 1.82) is 0 Å². The highest BCUT2D eigenvalue weighted by molar-refractivity contribution is 6.13. The number of fused-ring (bicyclic) bond motifs is 9. The number of rotatable bonds is 1. The second-order valence-electron chi connectivity index (χ2n) is 12.4. The Morgan fingerprint density at radius 3 is 1.72 bits per heavy atom. The highest BCUT2D eigenvalue weighted by Gasteiger charge is 2.36. The van der Waals surface area contributed by atoms with Crippen LogP contribution in [0.2, 0.25) is 0 Å². The van der Waals surface area contributed by atoms with E-state index in [4.69, 9.17) is 0 Å². The molecule has 8 rings (SSSR count). The Morgan fingerprint density at radius 2 is 1.00 bits per heavy atom. The lowest BCUT2D eigenvalue weighted by Gasteiger charge is -2.22. The predicted octanol–water partition coefficient (Wildman–Crippen LogP) is 9.98. The van der Waals surface area contributed by atoms with Gasteiger partial charge < -0.3 is 5.11 Å². The molecule has 0 bridgehead atoms. The topological polar surface area (TPSA) is 20.2 Å². The summed E-state index contributed by atoms with van der Waals surface area (Å²) in [5.41, 5.74) is 12.9. The summed E-state index contributed by atoms with van der Waals surface area (Å²) in [7, 11) is 0. The van der Waals surface area contributed by atoms with E-state index < -0.39 is 0 Å². The minimum absolute atomic E-state index is 0.0297. The van der Waals surface area contributed by atoms with Crippen molar-refractivity contribution in [3.05, 3.63) is 125 Å². The lowest BCUT2D eigenvalue weighted by molar-refractivity contribution is 0.482. The molecule has 0 saturated carbocycles. The molecule has 0 heterocycles. The molecule has 188 valence electrons. The first-order valence-electron chi connectivity index (χ1n) is 13.8. The molecule has 0 aromatic heterocycles. The van der Waals surface area contributed by atoms with Gasteiger partial charge in [-0.1, -0.05) is 100 Å². The number of benzene rings is 6. The maximum atomic E-state index is 11.2. The van der Waals surface area contributed by atoms with Gasteiger partial charge >= 0.3 is 0 Å².